The summed E-state index contributed by atoms with van der Waals surface area (Å²) in [4.78, 5) is 31.2. The molecule has 4 aromatic rings. The fraction of sp³-hybridized carbons (Fsp3) is 0.172. The minimum Gasteiger partial charge on any atom is -0.507 e. The van der Waals surface area contributed by atoms with Crippen LogP contribution in [0, 0.1) is 5.92 Å². The van der Waals surface area contributed by atoms with E-state index in [0.717, 1.165) is 10.9 Å². The average molecular weight is 483 g/mol. The number of amides is 1. The van der Waals surface area contributed by atoms with Crippen molar-refractivity contribution in [3.05, 3.63) is 95.7 Å². The highest BCUT2D eigenvalue weighted by Crippen LogP contribution is 2.46. The summed E-state index contributed by atoms with van der Waals surface area (Å²) in [7, 11) is 0. The van der Waals surface area contributed by atoms with Gasteiger partial charge in [-0.05, 0) is 36.2 Å². The number of ketones is 1. The van der Waals surface area contributed by atoms with E-state index in [2.05, 4.69) is 4.98 Å². The molecule has 182 valence electrons. The van der Waals surface area contributed by atoms with Crippen molar-refractivity contribution in [1.82, 2.24) is 4.98 Å². The molecule has 1 atom stereocenters. The third kappa shape index (κ3) is 3.98. The van der Waals surface area contributed by atoms with Gasteiger partial charge in [0, 0.05) is 28.2 Å². The number of benzene rings is 3. The molecule has 3 N–H and O–H groups in total. The number of nitrogens with one attached hydrogen (secondary N) is 1. The maximum absolute atomic E-state index is 13.4. The van der Waals surface area contributed by atoms with Gasteiger partial charge in [0.05, 0.1) is 23.9 Å². The molecule has 36 heavy (non-hydrogen) atoms. The van der Waals surface area contributed by atoms with Gasteiger partial charge in [0.25, 0.3) is 11.7 Å². The van der Waals surface area contributed by atoms with E-state index < -0.39 is 17.7 Å². The first-order chi connectivity index (χ1) is 17.4. The van der Waals surface area contributed by atoms with E-state index in [1.807, 2.05) is 38.1 Å². The number of aliphatic hydroxyl groups excluding tert-OH is 1. The minimum absolute atomic E-state index is 0.0611. The number of H-pyrrole nitrogens is 1. The van der Waals surface area contributed by atoms with Crippen molar-refractivity contribution in [2.75, 3.05) is 11.5 Å². The lowest BCUT2D eigenvalue weighted by molar-refractivity contribution is -0.132. The molecule has 0 spiro atoms. The summed E-state index contributed by atoms with van der Waals surface area (Å²) >= 11 is 0. The van der Waals surface area contributed by atoms with Gasteiger partial charge in [0.15, 0.2) is 0 Å². The van der Waals surface area contributed by atoms with E-state index in [4.69, 9.17) is 4.74 Å². The van der Waals surface area contributed by atoms with Crippen LogP contribution >= 0.6 is 0 Å². The number of aromatic nitrogens is 1. The van der Waals surface area contributed by atoms with E-state index in [0.29, 0.717) is 29.4 Å². The van der Waals surface area contributed by atoms with Gasteiger partial charge >= 0.3 is 0 Å². The Kier molecular flexibility index (Phi) is 5.98. The minimum atomic E-state index is -0.963. The molecular weight excluding hydrogens is 456 g/mol. The second kappa shape index (κ2) is 9.26. The molecule has 0 radical (unpaired) electrons. The number of Topliss-reactive ketones (excluding diaryl/α,β-unsaturated/α-hetero) is 1. The first kappa shape index (κ1) is 23.2. The highest BCUT2D eigenvalue weighted by atomic mass is 16.5. The van der Waals surface area contributed by atoms with Gasteiger partial charge in [0.2, 0.25) is 0 Å². The fourth-order valence-corrected chi connectivity index (χ4v) is 4.51. The number of rotatable bonds is 6. The van der Waals surface area contributed by atoms with E-state index in [1.54, 1.807) is 48.7 Å². The Morgan fingerprint density at radius 2 is 1.78 bits per heavy atom. The first-order valence-electron chi connectivity index (χ1n) is 11.7. The number of aromatic hydroxyl groups is 1. The lowest BCUT2D eigenvalue weighted by atomic mass is 9.94. The van der Waals surface area contributed by atoms with Gasteiger partial charge in [-0.2, -0.15) is 0 Å². The summed E-state index contributed by atoms with van der Waals surface area (Å²) < 4.78 is 5.80. The van der Waals surface area contributed by atoms with Gasteiger partial charge in [-0.3, -0.25) is 14.5 Å². The molecular formula is C29H26N2O5. The largest absolute Gasteiger partial charge is 0.507 e. The molecule has 2 heterocycles. The van der Waals surface area contributed by atoms with Crippen LogP contribution in [0.1, 0.15) is 31.0 Å². The summed E-state index contributed by atoms with van der Waals surface area (Å²) in [5.74, 6) is -1.26. The zero-order chi connectivity index (χ0) is 25.4. The number of carbonyl (C=O) groups is 2. The molecule has 5 rings (SSSR count). The van der Waals surface area contributed by atoms with Crippen LogP contribution in [0.4, 0.5) is 5.69 Å². The Bertz CT molecular complexity index is 1500. The number of anilines is 1. The van der Waals surface area contributed by atoms with Gasteiger partial charge in [-0.1, -0.05) is 56.3 Å². The predicted molar refractivity (Wildman–Crippen MR) is 138 cm³/mol. The molecule has 1 fully saturated rings. The first-order valence-corrected chi connectivity index (χ1v) is 11.7. The number of phenols is 1. The van der Waals surface area contributed by atoms with Gasteiger partial charge in [-0.15, -0.1) is 0 Å². The number of carbonyl (C=O) groups excluding carboxylic acids is 2. The Morgan fingerprint density at radius 1 is 1.03 bits per heavy atom. The molecule has 1 aliphatic rings. The number of ether oxygens (including phenoxy) is 1. The van der Waals surface area contributed by atoms with Crippen molar-refractivity contribution < 1.29 is 24.5 Å². The molecule has 0 aliphatic carbocycles. The average Bonchev–Trinajstić information content (AvgIpc) is 3.41. The molecule has 0 saturated carbocycles. The van der Waals surface area contributed by atoms with Crippen molar-refractivity contribution in [3.8, 4) is 11.5 Å². The number of hydrogen-bond acceptors (Lipinski definition) is 5. The zero-order valence-corrected chi connectivity index (χ0v) is 19.9. The molecule has 7 nitrogen and oxygen atoms in total. The maximum atomic E-state index is 13.4. The number of aromatic amines is 1. The number of nitrogens with zero attached hydrogens (tertiary/aromatic N) is 1. The Labute approximate surface area is 208 Å². The Morgan fingerprint density at radius 3 is 2.56 bits per heavy atom. The van der Waals surface area contributed by atoms with Crippen molar-refractivity contribution in [2.24, 2.45) is 5.92 Å². The number of hydrogen-bond donors (Lipinski definition) is 3. The van der Waals surface area contributed by atoms with Crippen LogP contribution in [0.15, 0.2) is 84.6 Å². The highest BCUT2D eigenvalue weighted by Gasteiger charge is 2.48. The van der Waals surface area contributed by atoms with Crippen LogP contribution in [0.5, 0.6) is 11.5 Å². The summed E-state index contributed by atoms with van der Waals surface area (Å²) in [5, 5.41) is 22.8. The van der Waals surface area contributed by atoms with Gasteiger partial charge in [-0.25, -0.2) is 0 Å². The van der Waals surface area contributed by atoms with E-state index in [-0.39, 0.29) is 22.8 Å². The second-order valence-corrected chi connectivity index (χ2v) is 9.18. The maximum Gasteiger partial charge on any atom is 0.300 e. The Balaban J connectivity index is 1.71. The molecule has 7 heteroatoms. The number of phenolic OH excluding ortho intramolecular Hbond substituents is 1. The molecule has 3 aromatic carbocycles. The highest BCUT2D eigenvalue weighted by molar-refractivity contribution is 6.52. The summed E-state index contributed by atoms with van der Waals surface area (Å²) in [6.45, 7) is 4.56. The van der Waals surface area contributed by atoms with Crippen LogP contribution in [0.2, 0.25) is 0 Å². The van der Waals surface area contributed by atoms with Crippen LogP contribution in [0.25, 0.3) is 16.7 Å². The second-order valence-electron chi connectivity index (χ2n) is 9.18. The topological polar surface area (TPSA) is 103 Å². The quantitative estimate of drug-likeness (QED) is 0.190. The molecule has 1 amide bonds. The summed E-state index contributed by atoms with van der Waals surface area (Å²) in [5.41, 5.74) is 1.93. The third-order valence-electron chi connectivity index (χ3n) is 6.19. The monoisotopic (exact) mass is 482 g/mol. The molecule has 1 saturated heterocycles. The molecule has 1 unspecified atom stereocenters. The molecule has 1 aliphatic heterocycles. The van der Waals surface area contributed by atoms with Crippen LogP contribution in [0.3, 0.4) is 0 Å². The van der Waals surface area contributed by atoms with Crippen LogP contribution in [-0.2, 0) is 9.59 Å². The van der Waals surface area contributed by atoms with Crippen molar-refractivity contribution in [2.45, 2.75) is 19.9 Å². The SMILES string of the molecule is CC(C)COc1cccc(/C(O)=C2\C(=O)C(=O)N(c3ccccc3O)C2c2c[nH]c3ccccc23)c1. The summed E-state index contributed by atoms with van der Waals surface area (Å²) in [6, 6.07) is 19.7. The van der Waals surface area contributed by atoms with E-state index in [1.165, 1.54) is 11.0 Å². The smallest absolute Gasteiger partial charge is 0.300 e. The normalized spacial score (nSPS) is 17.3. The van der Waals surface area contributed by atoms with Crippen molar-refractivity contribution >= 4 is 34.0 Å². The van der Waals surface area contributed by atoms with E-state index in [9.17, 15) is 19.8 Å². The molecule has 0 bridgehead atoms. The number of aliphatic hydroxyl groups is 1. The summed E-state index contributed by atoms with van der Waals surface area (Å²) in [6.07, 6.45) is 1.73. The lowest BCUT2D eigenvalue weighted by Crippen LogP contribution is -2.29. The van der Waals surface area contributed by atoms with Crippen molar-refractivity contribution in [3.63, 3.8) is 0 Å². The standard InChI is InChI=1S/C29H26N2O5/c1-17(2)16-36-19-9-7-8-18(14-19)27(33)25-26(21-15-30-22-11-4-3-10-20(21)22)31(29(35)28(25)34)23-12-5-6-13-24(23)32/h3-15,17,26,30,32-33H,16H2,1-2H3/b27-25+. The zero-order valence-electron chi connectivity index (χ0n) is 19.9. The van der Waals surface area contributed by atoms with Crippen LogP contribution in [-0.4, -0.2) is 33.5 Å². The van der Waals surface area contributed by atoms with Gasteiger partial charge < -0.3 is 19.9 Å². The Hall–Kier alpha value is -4.52. The third-order valence-corrected chi connectivity index (χ3v) is 6.19. The number of fused-ring (bicyclic) bond motifs is 1. The van der Waals surface area contributed by atoms with Gasteiger partial charge in [0.1, 0.15) is 17.3 Å². The predicted octanol–water partition coefficient (Wildman–Crippen LogP) is 5.53. The molecule has 1 aromatic heterocycles. The fourth-order valence-electron chi connectivity index (χ4n) is 4.51. The van der Waals surface area contributed by atoms with Crippen LogP contribution < -0.4 is 9.64 Å². The lowest BCUT2D eigenvalue weighted by Gasteiger charge is -2.25. The van der Waals surface area contributed by atoms with Crippen molar-refractivity contribution in [1.29, 1.82) is 0 Å². The number of para-hydroxylation sites is 3. The van der Waals surface area contributed by atoms with E-state index >= 15 is 0 Å².